The third-order valence-electron chi connectivity index (χ3n) is 9.98. The van der Waals surface area contributed by atoms with Gasteiger partial charge in [0.1, 0.15) is 11.4 Å². The third kappa shape index (κ3) is 2.82. The summed E-state index contributed by atoms with van der Waals surface area (Å²) < 4.78 is 15.4. The van der Waals surface area contributed by atoms with Crippen LogP contribution in [0.4, 0.5) is 4.39 Å². The molecule has 0 amide bonds. The Morgan fingerprint density at radius 3 is 2.68 bits per heavy atom. The van der Waals surface area contributed by atoms with Crippen molar-refractivity contribution in [3.8, 4) is 17.5 Å². The monoisotopic (exact) mass is 460 g/mol. The summed E-state index contributed by atoms with van der Waals surface area (Å²) in [5, 5.41) is 27.8. The highest BCUT2D eigenvalue weighted by Gasteiger charge is 2.66. The first-order valence-electron chi connectivity index (χ1n) is 12.6. The van der Waals surface area contributed by atoms with Crippen LogP contribution in [0.1, 0.15) is 64.1 Å². The molecule has 178 valence electrons. The van der Waals surface area contributed by atoms with Gasteiger partial charge in [0.15, 0.2) is 0 Å². The molecule has 2 N–H and O–H groups in total. The van der Waals surface area contributed by atoms with E-state index in [9.17, 15) is 14.6 Å². The van der Waals surface area contributed by atoms with Crippen LogP contribution in [0.3, 0.4) is 0 Å². The van der Waals surface area contributed by atoms with Crippen molar-refractivity contribution < 1.29 is 14.6 Å². The maximum Gasteiger partial charge on any atom is 0.131 e. The Bertz CT molecular complexity index is 1240. The van der Waals surface area contributed by atoms with E-state index < -0.39 is 11.7 Å². The fourth-order valence-corrected chi connectivity index (χ4v) is 8.39. The van der Waals surface area contributed by atoms with Crippen LogP contribution in [-0.4, -0.2) is 31.7 Å². The summed E-state index contributed by atoms with van der Waals surface area (Å²) in [5.74, 6) is 6.73. The van der Waals surface area contributed by atoms with Gasteiger partial charge in [-0.2, -0.15) is 5.10 Å². The van der Waals surface area contributed by atoms with Crippen LogP contribution in [0.2, 0.25) is 0 Å². The molecular formula is C29H33FN2O2. The number of hydrogen-bond donors (Lipinski definition) is 2. The lowest BCUT2D eigenvalue weighted by molar-refractivity contribution is -0.152. The number of halogens is 1. The van der Waals surface area contributed by atoms with E-state index >= 15 is 0 Å². The molecule has 0 spiro atoms. The Morgan fingerprint density at radius 2 is 1.94 bits per heavy atom. The molecule has 4 aliphatic rings. The van der Waals surface area contributed by atoms with E-state index in [0.717, 1.165) is 37.1 Å². The summed E-state index contributed by atoms with van der Waals surface area (Å²) in [6.07, 6.45) is 8.85. The smallest absolute Gasteiger partial charge is 0.131 e. The van der Waals surface area contributed by atoms with Crippen molar-refractivity contribution in [3.63, 3.8) is 0 Å². The van der Waals surface area contributed by atoms with Gasteiger partial charge in [0.2, 0.25) is 0 Å². The minimum absolute atomic E-state index is 0.134. The Labute approximate surface area is 200 Å². The number of allylic oxidation sites excluding steroid dienone is 1. The molecule has 1 heterocycles. The first-order chi connectivity index (χ1) is 16.2. The maximum atomic E-state index is 13.5. The average Bonchev–Trinajstić information content (AvgIpc) is 3.30. The van der Waals surface area contributed by atoms with Crippen LogP contribution in [0.25, 0.3) is 11.8 Å². The molecule has 4 aliphatic carbocycles. The van der Waals surface area contributed by atoms with Gasteiger partial charge < -0.3 is 10.2 Å². The number of rotatable bonds is 1. The van der Waals surface area contributed by atoms with E-state index in [1.165, 1.54) is 23.3 Å². The van der Waals surface area contributed by atoms with Gasteiger partial charge in [-0.05, 0) is 105 Å². The van der Waals surface area contributed by atoms with Gasteiger partial charge >= 0.3 is 0 Å². The molecule has 4 nitrogen and oxygen atoms in total. The quantitative estimate of drug-likeness (QED) is 0.594. The molecule has 0 saturated heterocycles. The van der Waals surface area contributed by atoms with Crippen molar-refractivity contribution in [3.05, 3.63) is 53.1 Å². The topological polar surface area (TPSA) is 58.3 Å². The van der Waals surface area contributed by atoms with Crippen LogP contribution >= 0.6 is 0 Å². The number of nitrogens with zero attached hydrogens (tertiary/aromatic N) is 2. The number of aromatic nitrogens is 2. The molecule has 1 aromatic carbocycles. The van der Waals surface area contributed by atoms with Gasteiger partial charge in [-0.15, -0.1) is 5.92 Å². The highest BCUT2D eigenvalue weighted by molar-refractivity contribution is 5.61. The highest BCUT2D eigenvalue weighted by atomic mass is 19.1. The van der Waals surface area contributed by atoms with Crippen molar-refractivity contribution in [1.82, 2.24) is 9.78 Å². The Morgan fingerprint density at radius 1 is 1.18 bits per heavy atom. The summed E-state index contributed by atoms with van der Waals surface area (Å²) in [5.41, 5.74) is 2.97. The zero-order chi connectivity index (χ0) is 23.9. The van der Waals surface area contributed by atoms with Gasteiger partial charge in [0, 0.05) is 5.41 Å². The summed E-state index contributed by atoms with van der Waals surface area (Å²) in [6, 6.07) is 6.46. The zero-order valence-corrected chi connectivity index (χ0v) is 20.2. The van der Waals surface area contributed by atoms with Gasteiger partial charge in [0.05, 0.1) is 23.7 Å². The molecule has 0 aliphatic heterocycles. The first-order valence-corrected chi connectivity index (χ1v) is 12.6. The number of aliphatic hydroxyl groups excluding tert-OH is 1. The van der Waals surface area contributed by atoms with Crippen molar-refractivity contribution in [2.75, 3.05) is 0 Å². The second-order valence-electron chi connectivity index (χ2n) is 11.5. The van der Waals surface area contributed by atoms with E-state index in [0.29, 0.717) is 24.7 Å². The highest BCUT2D eigenvalue weighted by Crippen LogP contribution is 2.67. The normalized spacial score (nSPS) is 40.2. The average molecular weight is 461 g/mol. The van der Waals surface area contributed by atoms with E-state index in [4.69, 9.17) is 0 Å². The second kappa shape index (κ2) is 7.29. The Kier molecular flexibility index (Phi) is 4.73. The summed E-state index contributed by atoms with van der Waals surface area (Å²) in [6.45, 7) is 6.28. The Balaban J connectivity index is 1.38. The van der Waals surface area contributed by atoms with Crippen LogP contribution < -0.4 is 0 Å². The lowest BCUT2D eigenvalue weighted by atomic mass is 9.45. The van der Waals surface area contributed by atoms with Crippen LogP contribution in [0.15, 0.2) is 36.0 Å². The second-order valence-corrected chi connectivity index (χ2v) is 11.5. The van der Waals surface area contributed by atoms with Gasteiger partial charge in [-0.1, -0.05) is 25.3 Å². The molecule has 0 radical (unpaired) electrons. The fourth-order valence-electron chi connectivity index (χ4n) is 8.39. The van der Waals surface area contributed by atoms with E-state index in [1.54, 1.807) is 19.1 Å². The lowest BCUT2D eigenvalue weighted by Gasteiger charge is -2.60. The summed E-state index contributed by atoms with van der Waals surface area (Å²) >= 11 is 0. The van der Waals surface area contributed by atoms with Gasteiger partial charge in [-0.3, -0.25) is 0 Å². The number of hydrogen-bond acceptors (Lipinski definition) is 3. The molecule has 34 heavy (non-hydrogen) atoms. The number of benzene rings is 1. The van der Waals surface area contributed by atoms with E-state index in [-0.39, 0.29) is 22.6 Å². The molecule has 0 unspecified atom stereocenters. The predicted molar refractivity (Wildman–Crippen MR) is 129 cm³/mol. The van der Waals surface area contributed by atoms with Crippen molar-refractivity contribution in [2.45, 2.75) is 71.0 Å². The molecule has 6 rings (SSSR count). The summed E-state index contributed by atoms with van der Waals surface area (Å²) in [7, 11) is 0. The Hall–Kier alpha value is -2.42. The van der Waals surface area contributed by atoms with Crippen molar-refractivity contribution >= 4 is 6.08 Å². The van der Waals surface area contributed by atoms with Crippen LogP contribution in [0.5, 0.6) is 0 Å². The maximum absolute atomic E-state index is 13.5. The molecule has 5 heteroatoms. The lowest BCUT2D eigenvalue weighted by Crippen LogP contribution is -2.59. The first kappa shape index (κ1) is 22.1. The standard InChI is InChI=1S/C29H33FN2O2/c1-4-12-29(34)13-11-23-22-10-5-19-14-24-18(17-31-32(24)21-8-6-20(30)7-9-21)15-27(19,2)26(22)25(33)16-28(23,29)3/h6-9,14,17,22-23,25-26,33-34H,5,10-11,13,15-16H2,1-3H3/t22-,23-,25-,26+,27-,28-,29-/m0/s1. The minimum Gasteiger partial charge on any atom is -0.393 e. The van der Waals surface area contributed by atoms with Crippen LogP contribution in [-0.2, 0) is 6.42 Å². The predicted octanol–water partition coefficient (Wildman–Crippen LogP) is 4.92. The zero-order valence-electron chi connectivity index (χ0n) is 20.2. The molecule has 2 aromatic rings. The number of aliphatic hydroxyl groups is 2. The summed E-state index contributed by atoms with van der Waals surface area (Å²) in [4.78, 5) is 0. The van der Waals surface area contributed by atoms with E-state index in [1.807, 2.05) is 10.9 Å². The van der Waals surface area contributed by atoms with Gasteiger partial charge in [0.25, 0.3) is 0 Å². The largest absolute Gasteiger partial charge is 0.393 e. The van der Waals surface area contributed by atoms with Crippen molar-refractivity contribution in [1.29, 1.82) is 0 Å². The molecule has 3 saturated carbocycles. The third-order valence-corrected chi connectivity index (χ3v) is 9.98. The molecular weight excluding hydrogens is 427 g/mol. The van der Waals surface area contributed by atoms with E-state index in [2.05, 4.69) is 36.9 Å². The molecule has 1 aromatic heterocycles. The molecule has 3 fully saturated rings. The number of fused-ring (bicyclic) bond motifs is 6. The SMILES string of the molecule is CC#C[C@]1(O)CC[C@H]2[C@@H]3CCC4=Cc5c(cnn5-c5ccc(F)cc5)C[C@]4(C)[C@H]3[C@@H](O)C[C@@]21C. The molecule has 0 bridgehead atoms. The van der Waals surface area contributed by atoms with Gasteiger partial charge in [-0.25, -0.2) is 9.07 Å². The fraction of sp³-hybridized carbons (Fsp3) is 0.552. The minimum atomic E-state index is -1.01. The van der Waals surface area contributed by atoms with Crippen LogP contribution in [0, 0.1) is 46.2 Å². The van der Waals surface area contributed by atoms with Crippen molar-refractivity contribution in [2.24, 2.45) is 28.6 Å². The molecule has 7 atom stereocenters.